The predicted octanol–water partition coefficient (Wildman–Crippen LogP) is 7.32. The number of para-hydroxylation sites is 1. The molecule has 0 unspecified atom stereocenters. The average Bonchev–Trinajstić information content (AvgIpc) is 4.10. The molecule has 17 nitrogen and oxygen atoms in total. The number of aromatic nitrogens is 8. The molecule has 0 atom stereocenters. The van der Waals surface area contributed by atoms with Crippen molar-refractivity contribution in [1.82, 2.24) is 44.8 Å². The zero-order valence-corrected chi connectivity index (χ0v) is 31.9. The third-order valence-electron chi connectivity index (χ3n) is 8.67. The van der Waals surface area contributed by atoms with E-state index in [2.05, 4.69) is 46.1 Å². The highest BCUT2D eigenvalue weighted by Crippen LogP contribution is 2.29. The van der Waals surface area contributed by atoms with Crippen molar-refractivity contribution < 1.29 is 23.2 Å². The minimum Gasteiger partial charge on any atom is -0.447 e. The van der Waals surface area contributed by atoms with Gasteiger partial charge in [-0.15, -0.1) is 0 Å². The smallest absolute Gasteiger partial charge is 0.417 e. The Labute approximate surface area is 336 Å². The number of carbonyl (C=O) groups excluding carboxylic acids is 2. The summed E-state index contributed by atoms with van der Waals surface area (Å²) in [7, 11) is 3.81. The summed E-state index contributed by atoms with van der Waals surface area (Å²) in [5.74, 6) is 1.81. The van der Waals surface area contributed by atoms with Crippen molar-refractivity contribution in [3.63, 3.8) is 0 Å². The molecule has 0 saturated carbocycles. The van der Waals surface area contributed by atoms with Gasteiger partial charge in [0, 0.05) is 72.2 Å². The third kappa shape index (κ3) is 9.98. The number of oxazole rings is 2. The third-order valence-corrected chi connectivity index (χ3v) is 8.67. The summed E-state index contributed by atoms with van der Waals surface area (Å²) in [4.78, 5) is 39.7. The van der Waals surface area contributed by atoms with Gasteiger partial charge in [-0.05, 0) is 48.5 Å². The summed E-state index contributed by atoms with van der Waals surface area (Å²) in [6.07, 6.45) is 12.4. The first kappa shape index (κ1) is 39.1. The van der Waals surface area contributed by atoms with Crippen molar-refractivity contribution in [2.24, 2.45) is 19.8 Å². The molecule has 9 rings (SSSR count). The van der Waals surface area contributed by atoms with E-state index in [9.17, 15) is 9.59 Å². The van der Waals surface area contributed by atoms with Crippen LogP contribution in [-0.4, -0.2) is 51.6 Å². The highest BCUT2D eigenvalue weighted by Gasteiger charge is 2.13. The van der Waals surface area contributed by atoms with Crippen molar-refractivity contribution in [2.75, 3.05) is 10.6 Å². The van der Waals surface area contributed by atoms with Gasteiger partial charge in [0.25, 0.3) is 0 Å². The van der Waals surface area contributed by atoms with E-state index < -0.39 is 6.09 Å². The molecule has 0 radical (unpaired) electrons. The summed E-state index contributed by atoms with van der Waals surface area (Å²) < 4.78 is 18.7. The average molecular weight is 791 g/mol. The lowest BCUT2D eigenvalue weighted by Gasteiger charge is -2.07. The molecule has 6 aromatic heterocycles. The van der Waals surface area contributed by atoms with Crippen LogP contribution in [0.3, 0.4) is 0 Å². The van der Waals surface area contributed by atoms with E-state index in [1.807, 2.05) is 102 Å². The minimum absolute atomic E-state index is 0.275. The van der Waals surface area contributed by atoms with Gasteiger partial charge < -0.3 is 29.9 Å². The van der Waals surface area contributed by atoms with Crippen molar-refractivity contribution >= 4 is 45.3 Å². The molecule has 0 fully saturated rings. The number of carbonyl (C=O) groups is 2. The Morgan fingerprint density at radius 1 is 0.644 bits per heavy atom. The fourth-order valence-corrected chi connectivity index (χ4v) is 5.82. The van der Waals surface area contributed by atoms with E-state index in [0.717, 1.165) is 50.1 Å². The van der Waals surface area contributed by atoms with Gasteiger partial charge in [0.1, 0.15) is 28.7 Å². The lowest BCUT2D eigenvalue weighted by Crippen LogP contribution is -2.27. The topological polar surface area (TPSA) is 219 Å². The Hall–Kier alpha value is -8.18. The Morgan fingerprint density at radius 3 is 1.66 bits per heavy atom. The number of nitrogens with two attached hydrogens (primary N) is 1. The molecule has 9 aromatic rings. The number of fused-ring (bicyclic) bond motifs is 2. The second kappa shape index (κ2) is 18.6. The molecule has 0 aliphatic rings. The Kier molecular flexibility index (Phi) is 12.3. The summed E-state index contributed by atoms with van der Waals surface area (Å²) in [6, 6.07) is 27.4. The number of benzene rings is 3. The van der Waals surface area contributed by atoms with Crippen LogP contribution in [0.25, 0.3) is 44.3 Å². The summed E-state index contributed by atoms with van der Waals surface area (Å²) in [5, 5.41) is 19.3. The second-order valence-corrected chi connectivity index (χ2v) is 12.7. The van der Waals surface area contributed by atoms with E-state index in [0.29, 0.717) is 29.4 Å². The fraction of sp³-hybridized carbons (Fsp3) is 0.0952. The molecular formula is C42H38N12O5. The van der Waals surface area contributed by atoms with Crippen LogP contribution in [0.4, 0.5) is 21.0 Å². The van der Waals surface area contributed by atoms with Gasteiger partial charge >= 0.3 is 12.1 Å². The number of urea groups is 1. The molecule has 0 aliphatic carbocycles. The zero-order chi connectivity index (χ0) is 41.0. The van der Waals surface area contributed by atoms with E-state index >= 15 is 0 Å². The molecule has 0 spiro atoms. The quantitative estimate of drug-likeness (QED) is 0.119. The largest absolute Gasteiger partial charge is 0.447 e. The number of amides is 3. The molecule has 6 heterocycles. The van der Waals surface area contributed by atoms with Gasteiger partial charge in [0.05, 0.1) is 36.5 Å². The van der Waals surface area contributed by atoms with Crippen molar-refractivity contribution in [3.8, 4) is 28.3 Å². The molecule has 59 heavy (non-hydrogen) atoms. The van der Waals surface area contributed by atoms with Gasteiger partial charge in [-0.3, -0.25) is 24.6 Å². The van der Waals surface area contributed by atoms with Crippen LogP contribution >= 0.6 is 0 Å². The second-order valence-electron chi connectivity index (χ2n) is 12.7. The molecule has 0 saturated heterocycles. The fourth-order valence-electron chi connectivity index (χ4n) is 5.82. The maximum atomic E-state index is 12.0. The number of hydrogen-bond donors (Lipinski definition) is 4. The van der Waals surface area contributed by atoms with Gasteiger partial charge in [-0.1, -0.05) is 42.5 Å². The SMILES string of the molecule is Cn1nc(-c2ccc(NC(=O)NCc3cnco3)cc2)c2cnccc21.Cn1nc(-c2ccc(NC(=O)Oc3ccccc3)cc2)c2cnccc21.NCc1cnco1. The number of nitrogens with zero attached hydrogens (tertiary/aromatic N) is 8. The molecule has 3 aromatic carbocycles. The monoisotopic (exact) mass is 790 g/mol. The van der Waals surface area contributed by atoms with Crippen LogP contribution in [0.15, 0.2) is 150 Å². The molecule has 5 N–H and O–H groups in total. The van der Waals surface area contributed by atoms with E-state index in [1.54, 1.807) is 49.3 Å². The van der Waals surface area contributed by atoms with Crippen molar-refractivity contribution in [1.29, 1.82) is 0 Å². The molecule has 0 aliphatic heterocycles. The first-order valence-electron chi connectivity index (χ1n) is 18.1. The number of pyridine rings is 2. The first-order chi connectivity index (χ1) is 28.8. The summed E-state index contributed by atoms with van der Waals surface area (Å²) in [6.45, 7) is 0.705. The number of ether oxygens (including phenoxy) is 1. The van der Waals surface area contributed by atoms with E-state index in [4.69, 9.17) is 19.3 Å². The van der Waals surface area contributed by atoms with Crippen LogP contribution in [0.2, 0.25) is 0 Å². The van der Waals surface area contributed by atoms with Crippen molar-refractivity contribution in [3.05, 3.63) is 152 Å². The van der Waals surface area contributed by atoms with Gasteiger partial charge in [0.2, 0.25) is 0 Å². The maximum Gasteiger partial charge on any atom is 0.417 e. The lowest BCUT2D eigenvalue weighted by atomic mass is 10.1. The van der Waals surface area contributed by atoms with Crippen LogP contribution in [-0.2, 0) is 27.2 Å². The Balaban J connectivity index is 0.000000154. The molecule has 0 bridgehead atoms. The van der Waals surface area contributed by atoms with Gasteiger partial charge in [0.15, 0.2) is 12.8 Å². The molecular weight excluding hydrogens is 753 g/mol. The van der Waals surface area contributed by atoms with Gasteiger partial charge in [-0.2, -0.15) is 10.2 Å². The van der Waals surface area contributed by atoms with Gasteiger partial charge in [-0.25, -0.2) is 19.6 Å². The van der Waals surface area contributed by atoms with Crippen LogP contribution in [0.1, 0.15) is 11.5 Å². The summed E-state index contributed by atoms with van der Waals surface area (Å²) in [5.41, 5.74) is 12.1. The predicted molar refractivity (Wildman–Crippen MR) is 221 cm³/mol. The normalized spacial score (nSPS) is 10.6. The molecule has 17 heteroatoms. The summed E-state index contributed by atoms with van der Waals surface area (Å²) >= 11 is 0. The van der Waals surface area contributed by atoms with E-state index in [1.165, 1.54) is 12.8 Å². The zero-order valence-electron chi connectivity index (χ0n) is 31.9. The Morgan fingerprint density at radius 2 is 1.17 bits per heavy atom. The number of rotatable bonds is 8. The maximum absolute atomic E-state index is 12.0. The molecule has 296 valence electrons. The van der Waals surface area contributed by atoms with E-state index in [-0.39, 0.29) is 12.6 Å². The number of nitrogens with one attached hydrogen (secondary N) is 3. The standard InChI is InChI=1S/C20H16N4O2.C18H16N6O2.C4H6N2O/c1-24-18-11-12-21-13-17(18)19(23-24)14-7-9-15(10-8-14)22-20(25)26-16-5-3-2-4-6-16;1-24-16-6-7-19-10-15(16)17(23-24)12-2-4-13(5-3-12)22-18(25)21-9-14-8-20-11-26-14;5-1-4-2-6-3-7-4/h2-13H,1H3,(H,22,25);2-8,10-11H,9H2,1H3,(H2,21,22,25);2-3H,1,5H2. The van der Waals surface area contributed by atoms with Crippen LogP contribution in [0.5, 0.6) is 5.75 Å². The lowest BCUT2D eigenvalue weighted by molar-refractivity contribution is 0.215. The molecule has 3 amide bonds. The number of anilines is 2. The number of aryl methyl sites for hydroxylation is 2. The first-order valence-corrected chi connectivity index (χ1v) is 18.1. The van der Waals surface area contributed by atoms with Crippen LogP contribution < -0.4 is 26.4 Å². The van der Waals surface area contributed by atoms with Crippen molar-refractivity contribution in [2.45, 2.75) is 13.1 Å². The highest BCUT2D eigenvalue weighted by atomic mass is 16.6. The minimum atomic E-state index is -0.531. The van der Waals surface area contributed by atoms with Crippen LogP contribution in [0, 0.1) is 0 Å². The number of hydrogen-bond acceptors (Lipinski definition) is 12. The highest BCUT2D eigenvalue weighted by molar-refractivity contribution is 5.95. The Bertz CT molecular complexity index is 2730.